The highest BCUT2D eigenvalue weighted by molar-refractivity contribution is 5.04. The van der Waals surface area contributed by atoms with Crippen LogP contribution in [0.4, 0.5) is 0 Å². The molecule has 2 saturated heterocycles. The molecular formula is C16H31N3O. The first-order chi connectivity index (χ1) is 9.80. The maximum Gasteiger partial charge on any atom is 0.0767 e. The van der Waals surface area contributed by atoms with Crippen molar-refractivity contribution in [3.63, 3.8) is 0 Å². The van der Waals surface area contributed by atoms with Gasteiger partial charge in [-0.1, -0.05) is 19.3 Å². The number of hydrogen-bond acceptors (Lipinski definition) is 4. The molecule has 0 radical (unpaired) electrons. The molecule has 0 spiro atoms. The van der Waals surface area contributed by atoms with Crippen molar-refractivity contribution in [2.75, 3.05) is 39.8 Å². The lowest BCUT2D eigenvalue weighted by molar-refractivity contribution is -0.102. The molecule has 20 heavy (non-hydrogen) atoms. The molecule has 0 amide bonds. The average Bonchev–Trinajstić information content (AvgIpc) is 2.54. The number of fused-ring (bicyclic) bond motifs is 1. The molecule has 1 aliphatic carbocycles. The van der Waals surface area contributed by atoms with E-state index in [1.54, 1.807) is 0 Å². The van der Waals surface area contributed by atoms with Gasteiger partial charge in [0, 0.05) is 39.3 Å². The van der Waals surface area contributed by atoms with Gasteiger partial charge in [0.2, 0.25) is 0 Å². The fraction of sp³-hybridized carbons (Fsp3) is 1.00. The van der Waals surface area contributed by atoms with Gasteiger partial charge < -0.3 is 10.5 Å². The number of piperidine rings is 1. The number of piperazine rings is 1. The molecule has 4 heteroatoms. The molecular weight excluding hydrogens is 250 g/mol. The molecule has 2 aliphatic heterocycles. The average molecular weight is 281 g/mol. The normalized spacial score (nSPS) is 40.5. The maximum atomic E-state index is 6.27. The Labute approximate surface area is 123 Å². The molecule has 0 bridgehead atoms. The smallest absolute Gasteiger partial charge is 0.0767 e. The maximum absolute atomic E-state index is 6.27. The summed E-state index contributed by atoms with van der Waals surface area (Å²) in [6.07, 6.45) is 9.49. The molecule has 0 aromatic carbocycles. The Morgan fingerprint density at radius 2 is 1.95 bits per heavy atom. The predicted octanol–water partition coefficient (Wildman–Crippen LogP) is 1.44. The lowest BCUT2D eigenvalue weighted by Gasteiger charge is -2.55. The summed E-state index contributed by atoms with van der Waals surface area (Å²) in [5.74, 6) is 0. The van der Waals surface area contributed by atoms with Crippen LogP contribution in [-0.4, -0.2) is 67.3 Å². The summed E-state index contributed by atoms with van der Waals surface area (Å²) in [5, 5.41) is 0. The number of methoxy groups -OCH3 is 1. The minimum Gasteiger partial charge on any atom is -0.379 e. The van der Waals surface area contributed by atoms with E-state index in [1.807, 2.05) is 7.11 Å². The summed E-state index contributed by atoms with van der Waals surface area (Å²) >= 11 is 0. The van der Waals surface area contributed by atoms with Crippen LogP contribution in [0.25, 0.3) is 0 Å². The second kappa shape index (κ2) is 6.30. The summed E-state index contributed by atoms with van der Waals surface area (Å²) in [6.45, 7) is 5.66. The van der Waals surface area contributed by atoms with Crippen LogP contribution in [0.3, 0.4) is 0 Å². The molecule has 0 aromatic rings. The highest BCUT2D eigenvalue weighted by atomic mass is 16.5. The summed E-state index contributed by atoms with van der Waals surface area (Å²) in [5.41, 5.74) is 6.38. The minimum absolute atomic E-state index is 0.108. The lowest BCUT2D eigenvalue weighted by Crippen LogP contribution is -2.68. The van der Waals surface area contributed by atoms with Gasteiger partial charge in [-0.3, -0.25) is 9.80 Å². The number of nitrogens with zero attached hydrogens (tertiary/aromatic N) is 2. The van der Waals surface area contributed by atoms with E-state index in [9.17, 15) is 0 Å². The van der Waals surface area contributed by atoms with Gasteiger partial charge in [-0.2, -0.15) is 0 Å². The van der Waals surface area contributed by atoms with Gasteiger partial charge in [0.25, 0.3) is 0 Å². The van der Waals surface area contributed by atoms with E-state index in [2.05, 4.69) is 9.80 Å². The number of nitrogens with two attached hydrogens (primary N) is 1. The quantitative estimate of drug-likeness (QED) is 0.850. The lowest BCUT2D eigenvalue weighted by atomic mass is 9.76. The van der Waals surface area contributed by atoms with Crippen LogP contribution in [0.15, 0.2) is 0 Å². The van der Waals surface area contributed by atoms with Crippen molar-refractivity contribution in [3.8, 4) is 0 Å². The Morgan fingerprint density at radius 1 is 1.10 bits per heavy atom. The van der Waals surface area contributed by atoms with Gasteiger partial charge in [0.15, 0.2) is 0 Å². The molecule has 1 saturated carbocycles. The first kappa shape index (κ1) is 14.8. The van der Waals surface area contributed by atoms with Gasteiger partial charge in [-0.25, -0.2) is 0 Å². The summed E-state index contributed by atoms with van der Waals surface area (Å²) in [6, 6.07) is 0.764. The minimum atomic E-state index is 0.108. The van der Waals surface area contributed by atoms with Crippen molar-refractivity contribution in [2.45, 2.75) is 62.6 Å². The fourth-order valence-electron chi connectivity index (χ4n) is 4.81. The molecule has 0 aromatic heterocycles. The first-order valence-corrected chi connectivity index (χ1v) is 8.52. The Hall–Kier alpha value is -0.160. The van der Waals surface area contributed by atoms with Crippen molar-refractivity contribution < 1.29 is 4.74 Å². The topological polar surface area (TPSA) is 41.7 Å². The predicted molar refractivity (Wildman–Crippen MR) is 81.8 cm³/mol. The largest absolute Gasteiger partial charge is 0.379 e. The summed E-state index contributed by atoms with van der Waals surface area (Å²) in [7, 11) is 1.87. The summed E-state index contributed by atoms with van der Waals surface area (Å²) in [4.78, 5) is 5.40. The Kier molecular flexibility index (Phi) is 4.65. The van der Waals surface area contributed by atoms with Gasteiger partial charge in [-0.05, 0) is 32.2 Å². The highest BCUT2D eigenvalue weighted by Gasteiger charge is 2.47. The number of rotatable bonds is 3. The van der Waals surface area contributed by atoms with Crippen LogP contribution in [0, 0.1) is 0 Å². The van der Waals surface area contributed by atoms with Crippen LogP contribution in [0.5, 0.6) is 0 Å². The molecule has 3 fully saturated rings. The fourth-order valence-corrected chi connectivity index (χ4v) is 4.81. The van der Waals surface area contributed by atoms with Gasteiger partial charge in [-0.15, -0.1) is 0 Å². The van der Waals surface area contributed by atoms with Crippen LogP contribution in [-0.2, 0) is 4.74 Å². The van der Waals surface area contributed by atoms with Crippen LogP contribution >= 0.6 is 0 Å². The van der Waals surface area contributed by atoms with Crippen LogP contribution in [0.2, 0.25) is 0 Å². The monoisotopic (exact) mass is 281 g/mol. The molecule has 2 N–H and O–H groups in total. The third kappa shape index (κ3) is 2.52. The van der Waals surface area contributed by atoms with E-state index in [1.165, 1.54) is 71.1 Å². The SMILES string of the molecule is COC1CCCCC1(CN)N1CCN2CCCCC2C1. The van der Waals surface area contributed by atoms with Crippen molar-refractivity contribution >= 4 is 0 Å². The first-order valence-electron chi connectivity index (χ1n) is 8.52. The third-order valence-electron chi connectivity index (χ3n) is 6.03. The van der Waals surface area contributed by atoms with Crippen LogP contribution in [0.1, 0.15) is 44.9 Å². The van der Waals surface area contributed by atoms with E-state index >= 15 is 0 Å². The molecule has 4 nitrogen and oxygen atoms in total. The second-order valence-corrected chi connectivity index (χ2v) is 6.91. The van der Waals surface area contributed by atoms with Crippen molar-refractivity contribution in [1.29, 1.82) is 0 Å². The Bertz CT molecular complexity index is 325. The molecule has 3 unspecified atom stereocenters. The van der Waals surface area contributed by atoms with E-state index in [0.29, 0.717) is 6.10 Å². The molecule has 3 atom stereocenters. The Balaban J connectivity index is 1.75. The molecule has 3 rings (SSSR count). The standard InChI is InChI=1S/C16H31N3O/c1-20-15-7-2-4-8-16(15,13-17)19-11-10-18-9-5-3-6-14(18)12-19/h14-15H,2-13,17H2,1H3. The van der Waals surface area contributed by atoms with Gasteiger partial charge in [0.05, 0.1) is 11.6 Å². The molecule has 116 valence electrons. The van der Waals surface area contributed by atoms with E-state index in [-0.39, 0.29) is 5.54 Å². The second-order valence-electron chi connectivity index (χ2n) is 6.91. The van der Waals surface area contributed by atoms with Crippen molar-refractivity contribution in [3.05, 3.63) is 0 Å². The Morgan fingerprint density at radius 3 is 2.75 bits per heavy atom. The number of hydrogen-bond donors (Lipinski definition) is 1. The van der Waals surface area contributed by atoms with Crippen molar-refractivity contribution in [1.82, 2.24) is 9.80 Å². The van der Waals surface area contributed by atoms with E-state index < -0.39 is 0 Å². The summed E-state index contributed by atoms with van der Waals surface area (Å²) < 4.78 is 5.85. The molecule has 3 aliphatic rings. The van der Waals surface area contributed by atoms with Crippen LogP contribution < -0.4 is 5.73 Å². The molecule has 2 heterocycles. The zero-order chi connectivity index (χ0) is 14.0. The zero-order valence-electron chi connectivity index (χ0n) is 13.0. The van der Waals surface area contributed by atoms with Crippen molar-refractivity contribution in [2.24, 2.45) is 5.73 Å². The highest BCUT2D eigenvalue weighted by Crippen LogP contribution is 2.37. The zero-order valence-corrected chi connectivity index (χ0v) is 13.0. The van der Waals surface area contributed by atoms with E-state index in [0.717, 1.165) is 12.6 Å². The number of ether oxygens (including phenoxy) is 1. The third-order valence-corrected chi connectivity index (χ3v) is 6.03. The van der Waals surface area contributed by atoms with Gasteiger partial charge in [0.1, 0.15) is 0 Å². The van der Waals surface area contributed by atoms with E-state index in [4.69, 9.17) is 10.5 Å². The van der Waals surface area contributed by atoms with Gasteiger partial charge >= 0.3 is 0 Å².